The van der Waals surface area contributed by atoms with E-state index in [1.165, 1.54) is 6.07 Å². The molecule has 0 aliphatic carbocycles. The standard InChI is InChI=1S/C12H10ClFN2O3/c13-12-8-5-7(6-17)10(9(14)11(8)19-15-12)16-1-3-18-4-2-16/h5-6H,1-4H2. The van der Waals surface area contributed by atoms with Crippen molar-refractivity contribution in [3.8, 4) is 0 Å². The van der Waals surface area contributed by atoms with E-state index in [1.54, 1.807) is 4.90 Å². The van der Waals surface area contributed by atoms with E-state index in [4.69, 9.17) is 20.9 Å². The van der Waals surface area contributed by atoms with Crippen LogP contribution in [0.3, 0.4) is 0 Å². The molecule has 2 aromatic rings. The quantitative estimate of drug-likeness (QED) is 0.792. The van der Waals surface area contributed by atoms with Crippen molar-refractivity contribution in [2.45, 2.75) is 0 Å². The van der Waals surface area contributed by atoms with E-state index in [0.29, 0.717) is 38.0 Å². The van der Waals surface area contributed by atoms with E-state index in [2.05, 4.69) is 5.16 Å². The van der Waals surface area contributed by atoms with Crippen LogP contribution in [0.15, 0.2) is 10.6 Å². The van der Waals surface area contributed by atoms with Gasteiger partial charge in [-0.3, -0.25) is 4.79 Å². The summed E-state index contributed by atoms with van der Waals surface area (Å²) in [7, 11) is 0. The zero-order valence-corrected chi connectivity index (χ0v) is 10.6. The monoisotopic (exact) mass is 284 g/mol. The Morgan fingerprint density at radius 3 is 2.84 bits per heavy atom. The van der Waals surface area contributed by atoms with E-state index in [9.17, 15) is 9.18 Å². The van der Waals surface area contributed by atoms with Crippen LogP contribution in [0.5, 0.6) is 0 Å². The van der Waals surface area contributed by atoms with Gasteiger partial charge in [0.05, 0.1) is 24.3 Å². The number of ether oxygens (including phenoxy) is 1. The number of hydrogen-bond donors (Lipinski definition) is 0. The first-order valence-electron chi connectivity index (χ1n) is 5.77. The highest BCUT2D eigenvalue weighted by atomic mass is 35.5. The number of fused-ring (bicyclic) bond motifs is 1. The zero-order valence-electron chi connectivity index (χ0n) is 9.86. The number of carbonyl (C=O) groups is 1. The third-order valence-corrected chi connectivity index (χ3v) is 3.39. The molecule has 1 aromatic heterocycles. The Labute approximate surface area is 112 Å². The molecule has 0 N–H and O–H groups in total. The fourth-order valence-electron chi connectivity index (χ4n) is 2.22. The number of carbonyl (C=O) groups excluding carboxylic acids is 1. The highest BCUT2D eigenvalue weighted by Crippen LogP contribution is 2.34. The van der Waals surface area contributed by atoms with Crippen molar-refractivity contribution in [1.29, 1.82) is 0 Å². The van der Waals surface area contributed by atoms with E-state index in [-0.39, 0.29) is 22.0 Å². The van der Waals surface area contributed by atoms with Gasteiger partial charge >= 0.3 is 0 Å². The van der Waals surface area contributed by atoms with Gasteiger partial charge in [0.1, 0.15) is 0 Å². The van der Waals surface area contributed by atoms with Gasteiger partial charge in [-0.05, 0) is 6.07 Å². The predicted octanol–water partition coefficient (Wildman–Crippen LogP) is 2.27. The fourth-order valence-corrected chi connectivity index (χ4v) is 2.39. The second-order valence-electron chi connectivity index (χ2n) is 4.20. The molecule has 0 unspecified atom stereocenters. The molecule has 0 amide bonds. The van der Waals surface area contributed by atoms with Crippen LogP contribution in [0, 0.1) is 5.82 Å². The molecule has 1 aliphatic heterocycles. The minimum absolute atomic E-state index is 0.0305. The number of benzene rings is 1. The van der Waals surface area contributed by atoms with Gasteiger partial charge in [-0.1, -0.05) is 16.8 Å². The molecule has 0 saturated carbocycles. The van der Waals surface area contributed by atoms with Crippen LogP contribution in [0.2, 0.25) is 5.15 Å². The summed E-state index contributed by atoms with van der Waals surface area (Å²) in [4.78, 5) is 12.9. The number of aromatic nitrogens is 1. The number of rotatable bonds is 2. The zero-order chi connectivity index (χ0) is 13.4. The SMILES string of the molecule is O=Cc1cc2c(Cl)noc2c(F)c1N1CCOCC1. The average Bonchev–Trinajstić information content (AvgIpc) is 2.81. The molecule has 0 bridgehead atoms. The van der Waals surface area contributed by atoms with Crippen molar-refractivity contribution in [2.75, 3.05) is 31.2 Å². The fraction of sp³-hybridized carbons (Fsp3) is 0.333. The molecule has 0 atom stereocenters. The van der Waals surface area contributed by atoms with Crippen molar-refractivity contribution >= 4 is 34.5 Å². The van der Waals surface area contributed by atoms with Gasteiger partial charge in [0.2, 0.25) is 5.58 Å². The Morgan fingerprint density at radius 1 is 1.42 bits per heavy atom. The first-order valence-corrected chi connectivity index (χ1v) is 6.15. The molecule has 2 heterocycles. The summed E-state index contributed by atoms with van der Waals surface area (Å²) in [6.45, 7) is 2.02. The molecule has 1 aliphatic rings. The first kappa shape index (κ1) is 12.4. The van der Waals surface area contributed by atoms with Crippen molar-refractivity contribution in [3.63, 3.8) is 0 Å². The Bertz CT molecular complexity index is 637. The first-order chi connectivity index (χ1) is 9.22. The summed E-state index contributed by atoms with van der Waals surface area (Å²) in [5.41, 5.74) is 0.424. The summed E-state index contributed by atoms with van der Waals surface area (Å²) in [6, 6.07) is 1.50. The van der Waals surface area contributed by atoms with Gasteiger partial charge in [-0.15, -0.1) is 0 Å². The summed E-state index contributed by atoms with van der Waals surface area (Å²) in [5, 5.41) is 3.86. The lowest BCUT2D eigenvalue weighted by molar-refractivity contribution is 0.111. The smallest absolute Gasteiger partial charge is 0.206 e. The van der Waals surface area contributed by atoms with Gasteiger partial charge in [-0.25, -0.2) is 4.39 Å². The van der Waals surface area contributed by atoms with Crippen LogP contribution in [-0.4, -0.2) is 37.7 Å². The Kier molecular flexibility index (Phi) is 3.12. The molecule has 19 heavy (non-hydrogen) atoms. The van der Waals surface area contributed by atoms with Crippen LogP contribution < -0.4 is 4.90 Å². The van der Waals surface area contributed by atoms with Crippen LogP contribution in [0.4, 0.5) is 10.1 Å². The summed E-state index contributed by atoms with van der Waals surface area (Å²) in [6.07, 6.45) is 0.608. The summed E-state index contributed by atoms with van der Waals surface area (Å²) < 4.78 is 24.6. The molecule has 7 heteroatoms. The maximum atomic E-state index is 14.5. The highest BCUT2D eigenvalue weighted by molar-refractivity contribution is 6.34. The largest absolute Gasteiger partial charge is 0.378 e. The lowest BCUT2D eigenvalue weighted by Crippen LogP contribution is -2.37. The Balaban J connectivity index is 2.21. The molecule has 100 valence electrons. The molecule has 1 aromatic carbocycles. The van der Waals surface area contributed by atoms with Crippen molar-refractivity contribution in [1.82, 2.24) is 5.16 Å². The normalized spacial score (nSPS) is 16.0. The third-order valence-electron chi connectivity index (χ3n) is 3.12. The molecule has 5 nitrogen and oxygen atoms in total. The molecular weight excluding hydrogens is 275 g/mol. The van der Waals surface area contributed by atoms with Crippen molar-refractivity contribution in [2.24, 2.45) is 0 Å². The van der Waals surface area contributed by atoms with E-state index in [1.807, 2.05) is 0 Å². The van der Waals surface area contributed by atoms with Crippen molar-refractivity contribution in [3.05, 3.63) is 22.6 Å². The Morgan fingerprint density at radius 2 is 2.16 bits per heavy atom. The summed E-state index contributed by atoms with van der Waals surface area (Å²) in [5.74, 6) is -0.610. The number of halogens is 2. The van der Waals surface area contributed by atoms with Crippen LogP contribution in [0.25, 0.3) is 11.0 Å². The number of anilines is 1. The lowest BCUT2D eigenvalue weighted by atomic mass is 10.1. The third kappa shape index (κ3) is 1.97. The molecule has 1 fully saturated rings. The van der Waals surface area contributed by atoms with Gasteiger partial charge in [0.15, 0.2) is 17.3 Å². The van der Waals surface area contributed by atoms with E-state index in [0.717, 1.165) is 0 Å². The molecule has 0 radical (unpaired) electrons. The number of nitrogens with zero attached hydrogens (tertiary/aromatic N) is 2. The minimum atomic E-state index is -0.610. The van der Waals surface area contributed by atoms with Gasteiger partial charge in [0, 0.05) is 18.7 Å². The van der Waals surface area contributed by atoms with Crippen LogP contribution in [-0.2, 0) is 4.74 Å². The van der Waals surface area contributed by atoms with E-state index < -0.39 is 5.82 Å². The minimum Gasteiger partial charge on any atom is -0.378 e. The molecule has 0 spiro atoms. The van der Waals surface area contributed by atoms with Gasteiger partial charge in [0.25, 0.3) is 0 Å². The van der Waals surface area contributed by atoms with E-state index >= 15 is 0 Å². The number of hydrogen-bond acceptors (Lipinski definition) is 5. The predicted molar refractivity (Wildman–Crippen MR) is 67.4 cm³/mol. The topological polar surface area (TPSA) is 55.6 Å². The Hall–Kier alpha value is -1.66. The van der Waals surface area contributed by atoms with Crippen LogP contribution >= 0.6 is 11.6 Å². The van der Waals surface area contributed by atoms with Crippen LogP contribution in [0.1, 0.15) is 10.4 Å². The number of aldehydes is 1. The second-order valence-corrected chi connectivity index (χ2v) is 4.55. The molecular formula is C12H10ClFN2O3. The summed E-state index contributed by atoms with van der Waals surface area (Å²) >= 11 is 5.79. The number of morpholine rings is 1. The lowest BCUT2D eigenvalue weighted by Gasteiger charge is -2.29. The second kappa shape index (κ2) is 4.79. The molecule has 1 saturated heterocycles. The maximum absolute atomic E-state index is 14.5. The maximum Gasteiger partial charge on any atom is 0.206 e. The van der Waals surface area contributed by atoms with Gasteiger partial charge < -0.3 is 14.2 Å². The van der Waals surface area contributed by atoms with Gasteiger partial charge in [-0.2, -0.15) is 0 Å². The van der Waals surface area contributed by atoms with Crippen molar-refractivity contribution < 1.29 is 18.4 Å². The highest BCUT2D eigenvalue weighted by Gasteiger charge is 2.24. The average molecular weight is 285 g/mol. The molecule has 3 rings (SSSR count).